The van der Waals surface area contributed by atoms with E-state index < -0.39 is 0 Å². The van der Waals surface area contributed by atoms with Gasteiger partial charge in [0.25, 0.3) is 11.1 Å². The molecule has 1 aliphatic heterocycles. The fourth-order valence-electron chi connectivity index (χ4n) is 5.21. The van der Waals surface area contributed by atoms with Gasteiger partial charge in [-0.05, 0) is 30.1 Å². The second-order valence-corrected chi connectivity index (χ2v) is 10.4. The molecule has 2 fully saturated rings. The van der Waals surface area contributed by atoms with Crippen molar-refractivity contribution in [1.82, 2.24) is 15.1 Å². The third-order valence-corrected chi connectivity index (χ3v) is 6.68. The Kier molecular flexibility index (Phi) is 5.41. The van der Waals surface area contributed by atoms with Gasteiger partial charge in [0.2, 0.25) is 5.91 Å². The summed E-state index contributed by atoms with van der Waals surface area (Å²) in [4.78, 5) is 16.2. The van der Waals surface area contributed by atoms with Gasteiger partial charge in [-0.3, -0.25) is 4.79 Å². The molecule has 0 radical (unpaired) electrons. The van der Waals surface area contributed by atoms with Gasteiger partial charge in [0.1, 0.15) is 0 Å². The summed E-state index contributed by atoms with van der Waals surface area (Å²) < 4.78 is 5.80. The molecule has 1 aromatic rings. The minimum Gasteiger partial charge on any atom is -0.410 e. The van der Waals surface area contributed by atoms with Crippen LogP contribution in [0.2, 0.25) is 0 Å². The number of quaternary nitrogens is 1. The number of aromatic nitrogens is 2. The maximum atomic E-state index is 12.8. The van der Waals surface area contributed by atoms with Gasteiger partial charge in [-0.2, -0.15) is 0 Å². The summed E-state index contributed by atoms with van der Waals surface area (Å²) in [5.74, 6) is 1.24. The Labute approximate surface area is 161 Å². The second kappa shape index (κ2) is 7.15. The zero-order valence-corrected chi connectivity index (χ0v) is 17.8. The maximum Gasteiger partial charge on any atom is 0.277 e. The first-order chi connectivity index (χ1) is 12.1. The van der Waals surface area contributed by atoms with Crippen LogP contribution in [0.3, 0.4) is 0 Å². The Balaban J connectivity index is 1.59. The van der Waals surface area contributed by atoms with Gasteiger partial charge in [0.15, 0.2) is 6.04 Å². The van der Waals surface area contributed by atoms with E-state index in [4.69, 9.17) is 4.42 Å². The number of likely N-dealkylation sites (tertiary alicyclic amines) is 1. The molecule has 0 unspecified atom stereocenters. The van der Waals surface area contributed by atoms with Crippen molar-refractivity contribution in [2.24, 2.45) is 10.8 Å². The SMILES string of the molecule is CC[C@@H](c1nnc(SCC(=O)N2C[C@@]3(C)C[C@@H]2CC(C)(C)C3)o1)[NH+](C)C. The first-order valence-corrected chi connectivity index (χ1v) is 10.7. The molecule has 3 rings (SSSR count). The molecule has 1 amide bonds. The Morgan fingerprint density at radius 3 is 2.73 bits per heavy atom. The highest BCUT2D eigenvalue weighted by molar-refractivity contribution is 7.99. The molecule has 7 heteroatoms. The molecule has 1 aliphatic carbocycles. The van der Waals surface area contributed by atoms with Crippen LogP contribution in [0.5, 0.6) is 0 Å². The maximum absolute atomic E-state index is 12.8. The van der Waals surface area contributed by atoms with Crippen LogP contribution in [-0.4, -0.2) is 53.4 Å². The summed E-state index contributed by atoms with van der Waals surface area (Å²) in [6.07, 6.45) is 4.39. The van der Waals surface area contributed by atoms with E-state index in [1.807, 2.05) is 0 Å². The van der Waals surface area contributed by atoms with E-state index in [0.717, 1.165) is 25.8 Å². The van der Waals surface area contributed by atoms with Gasteiger partial charge in [-0.25, -0.2) is 0 Å². The van der Waals surface area contributed by atoms with E-state index in [9.17, 15) is 4.79 Å². The van der Waals surface area contributed by atoms with Gasteiger partial charge < -0.3 is 14.2 Å². The molecule has 0 aromatic carbocycles. The number of thioether (sulfide) groups is 1. The fourth-order valence-corrected chi connectivity index (χ4v) is 5.86. The summed E-state index contributed by atoms with van der Waals surface area (Å²) in [7, 11) is 4.17. The zero-order chi connectivity index (χ0) is 19.1. The van der Waals surface area contributed by atoms with Gasteiger partial charge >= 0.3 is 0 Å². The minimum absolute atomic E-state index is 0.200. The standard InChI is InChI=1S/C19H32N4O2S/c1-7-14(22(5)6)16-20-21-17(25-16)26-10-15(24)23-12-19(4)9-13(23)8-18(2,3)11-19/h13-14H,7-12H2,1-6H3/p+1/t13-,14-,19-/m0/s1. The number of carbonyl (C=O) groups is 1. The summed E-state index contributed by atoms with van der Waals surface area (Å²) in [6.45, 7) is 10.00. The lowest BCUT2D eigenvalue weighted by Crippen LogP contribution is -3.06. The fraction of sp³-hybridized carbons (Fsp3) is 0.842. The Hall–Kier alpha value is -1.08. The van der Waals surface area contributed by atoms with E-state index in [0.29, 0.717) is 28.3 Å². The number of fused-ring (bicyclic) bond motifs is 2. The molecule has 26 heavy (non-hydrogen) atoms. The van der Waals surface area contributed by atoms with E-state index in [-0.39, 0.29) is 17.4 Å². The molecule has 0 spiro atoms. The second-order valence-electron chi connectivity index (χ2n) is 9.47. The molecular weight excluding hydrogens is 348 g/mol. The monoisotopic (exact) mass is 381 g/mol. The smallest absolute Gasteiger partial charge is 0.277 e. The molecule has 2 heterocycles. The van der Waals surface area contributed by atoms with Crippen LogP contribution in [0.15, 0.2) is 9.64 Å². The van der Waals surface area contributed by atoms with E-state index in [2.05, 4.69) is 56.9 Å². The number of amides is 1. The molecule has 2 aliphatic rings. The zero-order valence-electron chi connectivity index (χ0n) is 17.0. The van der Waals surface area contributed by atoms with Crippen LogP contribution in [0.1, 0.15) is 65.3 Å². The molecular formula is C19H33N4O2S+. The summed E-state index contributed by atoms with van der Waals surface area (Å²) in [6, 6.07) is 0.587. The van der Waals surface area contributed by atoms with Crippen molar-refractivity contribution in [3.63, 3.8) is 0 Å². The van der Waals surface area contributed by atoms with Crippen LogP contribution in [0, 0.1) is 10.8 Å². The van der Waals surface area contributed by atoms with Crippen molar-refractivity contribution in [2.75, 3.05) is 26.4 Å². The average molecular weight is 382 g/mol. The number of hydrogen-bond acceptors (Lipinski definition) is 5. The number of nitrogens with one attached hydrogen (secondary N) is 1. The molecule has 3 atom stereocenters. The van der Waals surface area contributed by atoms with Crippen molar-refractivity contribution >= 4 is 17.7 Å². The molecule has 146 valence electrons. The van der Waals surface area contributed by atoms with Crippen LogP contribution in [0.4, 0.5) is 0 Å². The van der Waals surface area contributed by atoms with Crippen LogP contribution in [-0.2, 0) is 4.79 Å². The Morgan fingerprint density at radius 1 is 1.35 bits per heavy atom. The van der Waals surface area contributed by atoms with E-state index in [1.165, 1.54) is 23.1 Å². The van der Waals surface area contributed by atoms with Crippen molar-refractivity contribution < 1.29 is 14.1 Å². The lowest BCUT2D eigenvalue weighted by atomic mass is 9.65. The summed E-state index contributed by atoms with van der Waals surface area (Å²) in [5.41, 5.74) is 0.595. The normalized spacial score (nSPS) is 28.6. The van der Waals surface area contributed by atoms with E-state index >= 15 is 0 Å². The topological polar surface area (TPSA) is 63.7 Å². The third kappa shape index (κ3) is 4.09. The first kappa shape index (κ1) is 19.7. The molecule has 1 saturated heterocycles. The molecule has 1 saturated carbocycles. The number of carbonyl (C=O) groups excluding carboxylic acids is 1. The van der Waals surface area contributed by atoms with Crippen molar-refractivity contribution in [2.45, 2.75) is 70.7 Å². The highest BCUT2D eigenvalue weighted by Gasteiger charge is 2.50. The number of nitrogens with zero attached hydrogens (tertiary/aromatic N) is 3. The Bertz CT molecular complexity index is 660. The highest BCUT2D eigenvalue weighted by Crippen LogP contribution is 2.52. The lowest BCUT2D eigenvalue weighted by molar-refractivity contribution is -0.894. The number of hydrogen-bond donors (Lipinski definition) is 1. The predicted molar refractivity (Wildman–Crippen MR) is 102 cm³/mol. The third-order valence-electron chi connectivity index (χ3n) is 5.88. The summed E-state index contributed by atoms with van der Waals surface area (Å²) in [5, 5.41) is 8.82. The molecule has 6 nitrogen and oxygen atoms in total. The first-order valence-electron chi connectivity index (χ1n) is 9.68. The lowest BCUT2D eigenvalue weighted by Gasteiger charge is -2.39. The van der Waals surface area contributed by atoms with Crippen molar-refractivity contribution in [1.29, 1.82) is 0 Å². The van der Waals surface area contributed by atoms with E-state index in [1.54, 1.807) is 0 Å². The van der Waals surface area contributed by atoms with Gasteiger partial charge in [-0.15, -0.1) is 10.2 Å². The van der Waals surface area contributed by atoms with Gasteiger partial charge in [-0.1, -0.05) is 39.5 Å². The number of rotatable bonds is 6. The van der Waals surface area contributed by atoms with Crippen LogP contribution >= 0.6 is 11.8 Å². The van der Waals surface area contributed by atoms with Crippen LogP contribution in [0.25, 0.3) is 0 Å². The molecule has 2 bridgehead atoms. The Morgan fingerprint density at radius 2 is 2.08 bits per heavy atom. The molecule has 1 aromatic heterocycles. The molecule has 1 N–H and O–H groups in total. The van der Waals surface area contributed by atoms with Crippen LogP contribution < -0.4 is 4.90 Å². The predicted octanol–water partition coefficient (Wildman–Crippen LogP) is 2.18. The minimum atomic E-state index is 0.200. The van der Waals surface area contributed by atoms with Gasteiger partial charge in [0.05, 0.1) is 19.8 Å². The summed E-state index contributed by atoms with van der Waals surface area (Å²) >= 11 is 1.37. The van der Waals surface area contributed by atoms with Crippen molar-refractivity contribution in [3.8, 4) is 0 Å². The highest BCUT2D eigenvalue weighted by atomic mass is 32.2. The largest absolute Gasteiger partial charge is 0.410 e. The van der Waals surface area contributed by atoms with Gasteiger partial charge in [0, 0.05) is 19.0 Å². The quantitative estimate of drug-likeness (QED) is 0.765. The van der Waals surface area contributed by atoms with Crippen molar-refractivity contribution in [3.05, 3.63) is 5.89 Å². The average Bonchev–Trinajstić information content (AvgIpc) is 3.06.